The van der Waals surface area contributed by atoms with E-state index in [2.05, 4.69) is 28.4 Å². The molecule has 2 amide bonds. The standard InChI is InChI=1S/C28H35N3O2/c1-28(27(33)29-24-15-7-2-3-8-16-24)20-30-19-23-14-10-9-13-22(23)17-25(30)26(32)31(28)18-21-11-5-4-6-12-21/h4-6,9-14,24-25H,2-3,7-8,15-20H2,1H3,(H,29,33)/t25-,28-/m1/s1. The zero-order valence-corrected chi connectivity index (χ0v) is 19.6. The largest absolute Gasteiger partial charge is 0.351 e. The smallest absolute Gasteiger partial charge is 0.247 e. The molecule has 2 aromatic carbocycles. The van der Waals surface area contributed by atoms with Crippen LogP contribution in [0.5, 0.6) is 0 Å². The number of nitrogens with one attached hydrogen (secondary N) is 1. The number of hydrogen-bond acceptors (Lipinski definition) is 3. The molecule has 33 heavy (non-hydrogen) atoms. The van der Waals surface area contributed by atoms with Crippen molar-refractivity contribution in [2.75, 3.05) is 6.54 Å². The Morgan fingerprint density at radius 2 is 1.64 bits per heavy atom. The normalized spacial score (nSPS) is 26.3. The van der Waals surface area contributed by atoms with Crippen LogP contribution in [0.4, 0.5) is 0 Å². The fourth-order valence-corrected chi connectivity index (χ4v) is 5.87. The van der Waals surface area contributed by atoms with Gasteiger partial charge in [-0.1, -0.05) is 80.3 Å². The second-order valence-electron chi connectivity index (χ2n) is 10.2. The van der Waals surface area contributed by atoms with Gasteiger partial charge in [-0.2, -0.15) is 0 Å². The zero-order valence-electron chi connectivity index (χ0n) is 19.6. The second kappa shape index (κ2) is 9.30. The number of piperazine rings is 1. The molecule has 0 aromatic heterocycles. The van der Waals surface area contributed by atoms with E-state index >= 15 is 0 Å². The summed E-state index contributed by atoms with van der Waals surface area (Å²) in [6.45, 7) is 3.71. The van der Waals surface area contributed by atoms with Gasteiger partial charge in [0.15, 0.2) is 0 Å². The van der Waals surface area contributed by atoms with Crippen molar-refractivity contribution in [2.45, 2.75) is 82.6 Å². The van der Waals surface area contributed by atoms with Crippen LogP contribution in [-0.2, 0) is 29.1 Å². The van der Waals surface area contributed by atoms with Gasteiger partial charge >= 0.3 is 0 Å². The van der Waals surface area contributed by atoms with Crippen LogP contribution in [0.15, 0.2) is 54.6 Å². The van der Waals surface area contributed by atoms with E-state index in [1.54, 1.807) is 0 Å². The lowest BCUT2D eigenvalue weighted by Crippen LogP contribution is -2.72. The Bertz CT molecular complexity index is 999. The fraction of sp³-hybridized carbons (Fsp3) is 0.500. The summed E-state index contributed by atoms with van der Waals surface area (Å²) in [5.41, 5.74) is 2.68. The molecule has 1 aliphatic carbocycles. The van der Waals surface area contributed by atoms with Gasteiger partial charge in [0, 0.05) is 25.7 Å². The number of carbonyl (C=O) groups is 2. The predicted molar refractivity (Wildman–Crippen MR) is 129 cm³/mol. The lowest BCUT2D eigenvalue weighted by molar-refractivity contribution is -0.163. The molecular formula is C28H35N3O2. The summed E-state index contributed by atoms with van der Waals surface area (Å²) >= 11 is 0. The Hall–Kier alpha value is -2.66. The molecule has 5 nitrogen and oxygen atoms in total. The summed E-state index contributed by atoms with van der Waals surface area (Å²) in [6.07, 6.45) is 7.61. The van der Waals surface area contributed by atoms with E-state index < -0.39 is 5.54 Å². The van der Waals surface area contributed by atoms with E-state index in [0.29, 0.717) is 19.5 Å². The Labute approximate surface area is 197 Å². The first-order valence-corrected chi connectivity index (χ1v) is 12.5. The van der Waals surface area contributed by atoms with Crippen LogP contribution < -0.4 is 5.32 Å². The van der Waals surface area contributed by atoms with Gasteiger partial charge in [-0.05, 0) is 42.9 Å². The molecule has 5 heteroatoms. The molecular weight excluding hydrogens is 410 g/mol. The van der Waals surface area contributed by atoms with Crippen molar-refractivity contribution in [3.63, 3.8) is 0 Å². The molecule has 3 aliphatic rings. The van der Waals surface area contributed by atoms with Crippen molar-refractivity contribution >= 4 is 11.8 Å². The summed E-state index contributed by atoms with van der Waals surface area (Å²) in [7, 11) is 0. The third-order valence-electron chi connectivity index (χ3n) is 7.87. The number of hydrogen-bond donors (Lipinski definition) is 1. The number of rotatable bonds is 4. The third-order valence-corrected chi connectivity index (χ3v) is 7.87. The van der Waals surface area contributed by atoms with E-state index in [1.807, 2.05) is 48.2 Å². The van der Waals surface area contributed by atoms with Gasteiger partial charge < -0.3 is 10.2 Å². The molecule has 2 heterocycles. The van der Waals surface area contributed by atoms with Crippen LogP contribution in [0.2, 0.25) is 0 Å². The fourth-order valence-electron chi connectivity index (χ4n) is 5.87. The van der Waals surface area contributed by atoms with Crippen molar-refractivity contribution in [3.05, 3.63) is 71.3 Å². The highest BCUT2D eigenvalue weighted by Crippen LogP contribution is 2.34. The van der Waals surface area contributed by atoms with Crippen LogP contribution in [0.1, 0.15) is 62.1 Å². The molecule has 2 aromatic rings. The maximum atomic E-state index is 13.9. The molecule has 174 valence electrons. The minimum Gasteiger partial charge on any atom is -0.351 e. The van der Waals surface area contributed by atoms with E-state index in [0.717, 1.165) is 24.9 Å². The average molecular weight is 446 g/mol. The summed E-state index contributed by atoms with van der Waals surface area (Å²) in [5.74, 6) is 0.0640. The SMILES string of the molecule is C[C@]1(C(=O)NC2CCCCCC2)CN2Cc3ccccc3C[C@@H]2C(=O)N1Cc1ccccc1. The van der Waals surface area contributed by atoms with Gasteiger partial charge in [-0.25, -0.2) is 0 Å². The summed E-state index contributed by atoms with van der Waals surface area (Å²) in [6, 6.07) is 18.5. The first-order valence-electron chi connectivity index (χ1n) is 12.5. The lowest BCUT2D eigenvalue weighted by atomic mass is 9.84. The van der Waals surface area contributed by atoms with Gasteiger partial charge in [-0.15, -0.1) is 0 Å². The number of benzene rings is 2. The van der Waals surface area contributed by atoms with Crippen molar-refractivity contribution in [2.24, 2.45) is 0 Å². The summed E-state index contributed by atoms with van der Waals surface area (Å²) in [5, 5.41) is 3.36. The summed E-state index contributed by atoms with van der Waals surface area (Å²) in [4.78, 5) is 31.9. The highest BCUT2D eigenvalue weighted by Gasteiger charge is 2.52. The predicted octanol–water partition coefficient (Wildman–Crippen LogP) is 4.05. The number of amides is 2. The minimum absolute atomic E-state index is 0.00371. The maximum absolute atomic E-state index is 13.9. The van der Waals surface area contributed by atoms with Crippen LogP contribution in [0.3, 0.4) is 0 Å². The molecule has 1 saturated heterocycles. The number of nitrogens with zero attached hydrogens (tertiary/aromatic N) is 2. The topological polar surface area (TPSA) is 52.7 Å². The molecule has 2 aliphatic heterocycles. The molecule has 1 saturated carbocycles. The van der Waals surface area contributed by atoms with Crippen LogP contribution in [0.25, 0.3) is 0 Å². The van der Waals surface area contributed by atoms with Gasteiger partial charge in [0.25, 0.3) is 0 Å². The number of fused-ring (bicyclic) bond motifs is 2. The molecule has 0 radical (unpaired) electrons. The van der Waals surface area contributed by atoms with Crippen molar-refractivity contribution in [1.29, 1.82) is 0 Å². The van der Waals surface area contributed by atoms with Crippen molar-refractivity contribution in [3.8, 4) is 0 Å². The van der Waals surface area contributed by atoms with Crippen LogP contribution in [0, 0.1) is 0 Å². The first-order chi connectivity index (χ1) is 16.0. The van der Waals surface area contributed by atoms with Gasteiger partial charge in [0.05, 0.1) is 6.04 Å². The molecule has 1 N–H and O–H groups in total. The molecule has 0 spiro atoms. The van der Waals surface area contributed by atoms with Crippen molar-refractivity contribution in [1.82, 2.24) is 15.1 Å². The Morgan fingerprint density at radius 3 is 2.36 bits per heavy atom. The molecule has 0 unspecified atom stereocenters. The van der Waals surface area contributed by atoms with E-state index in [-0.39, 0.29) is 23.9 Å². The van der Waals surface area contributed by atoms with Gasteiger partial charge in [0.1, 0.15) is 5.54 Å². The summed E-state index contributed by atoms with van der Waals surface area (Å²) < 4.78 is 0. The average Bonchev–Trinajstić information content (AvgIpc) is 3.10. The van der Waals surface area contributed by atoms with Gasteiger partial charge in [-0.3, -0.25) is 14.5 Å². The van der Waals surface area contributed by atoms with E-state index in [9.17, 15) is 9.59 Å². The quantitative estimate of drug-likeness (QED) is 0.723. The second-order valence-corrected chi connectivity index (χ2v) is 10.2. The van der Waals surface area contributed by atoms with Crippen LogP contribution in [-0.4, -0.2) is 45.8 Å². The minimum atomic E-state index is -0.901. The van der Waals surface area contributed by atoms with E-state index in [1.165, 1.54) is 36.8 Å². The monoisotopic (exact) mass is 445 g/mol. The third kappa shape index (κ3) is 4.43. The molecule has 2 atom stereocenters. The maximum Gasteiger partial charge on any atom is 0.247 e. The zero-order chi connectivity index (χ0) is 22.8. The lowest BCUT2D eigenvalue weighted by Gasteiger charge is -2.52. The molecule has 2 fully saturated rings. The highest BCUT2D eigenvalue weighted by atomic mass is 16.2. The van der Waals surface area contributed by atoms with Gasteiger partial charge in [0.2, 0.25) is 11.8 Å². The Kier molecular flexibility index (Phi) is 6.24. The van der Waals surface area contributed by atoms with Crippen molar-refractivity contribution < 1.29 is 9.59 Å². The number of carbonyl (C=O) groups excluding carboxylic acids is 2. The highest BCUT2D eigenvalue weighted by molar-refractivity contribution is 5.95. The Morgan fingerprint density at radius 1 is 0.970 bits per heavy atom. The van der Waals surface area contributed by atoms with E-state index in [4.69, 9.17) is 0 Å². The molecule has 5 rings (SSSR count). The first kappa shape index (κ1) is 22.1. The van der Waals surface area contributed by atoms with Crippen LogP contribution >= 0.6 is 0 Å². The molecule has 0 bridgehead atoms. The Balaban J connectivity index is 1.45.